The standard InChI is InChI=1S/C11H13NO5/c1-3-9(13)7-5-8(12(15)16)11(14)10(6-7)17-4-2/h5-6,14H,3-4H2,1-2H3. The summed E-state index contributed by atoms with van der Waals surface area (Å²) in [5.74, 6) is -0.836. The SMILES string of the molecule is CCOc1cc(C(=O)CC)cc([N+](=O)[O-])c1O. The number of phenolic OH excluding ortho intramolecular Hbond substituents is 1. The van der Waals surface area contributed by atoms with Gasteiger partial charge in [-0.05, 0) is 13.0 Å². The molecule has 0 saturated heterocycles. The molecule has 0 bridgehead atoms. The average Bonchev–Trinajstić information content (AvgIpc) is 2.30. The summed E-state index contributed by atoms with van der Waals surface area (Å²) in [4.78, 5) is 21.5. The third-order valence-corrected chi connectivity index (χ3v) is 2.19. The van der Waals surface area contributed by atoms with Crippen molar-refractivity contribution in [3.63, 3.8) is 0 Å². The summed E-state index contributed by atoms with van der Waals surface area (Å²) in [5.41, 5.74) is -0.354. The van der Waals surface area contributed by atoms with Gasteiger partial charge < -0.3 is 9.84 Å². The number of nitrogens with zero attached hydrogens (tertiary/aromatic N) is 1. The van der Waals surface area contributed by atoms with Gasteiger partial charge in [0.2, 0.25) is 5.75 Å². The largest absolute Gasteiger partial charge is 0.500 e. The van der Waals surface area contributed by atoms with Gasteiger partial charge >= 0.3 is 5.69 Å². The number of phenols is 1. The summed E-state index contributed by atoms with van der Waals surface area (Å²) < 4.78 is 5.06. The maximum absolute atomic E-state index is 11.5. The quantitative estimate of drug-likeness (QED) is 0.483. The Balaban J connectivity index is 3.36. The van der Waals surface area contributed by atoms with Crippen molar-refractivity contribution in [1.29, 1.82) is 0 Å². The molecule has 0 aliphatic carbocycles. The van der Waals surface area contributed by atoms with Gasteiger partial charge in [-0.15, -0.1) is 0 Å². The summed E-state index contributed by atoms with van der Waals surface area (Å²) >= 11 is 0. The molecule has 1 aromatic rings. The maximum Gasteiger partial charge on any atom is 0.315 e. The molecule has 1 rings (SSSR count). The summed E-state index contributed by atoms with van der Waals surface area (Å²) in [6.45, 7) is 3.58. The van der Waals surface area contributed by atoms with Crippen LogP contribution >= 0.6 is 0 Å². The molecule has 1 aromatic carbocycles. The summed E-state index contributed by atoms with van der Waals surface area (Å²) in [6.07, 6.45) is 0.230. The molecule has 0 saturated carbocycles. The van der Waals surface area contributed by atoms with Crippen LogP contribution in [-0.2, 0) is 0 Å². The van der Waals surface area contributed by atoms with E-state index >= 15 is 0 Å². The van der Waals surface area contributed by atoms with Gasteiger partial charge in [-0.1, -0.05) is 6.92 Å². The number of nitro benzene ring substituents is 1. The van der Waals surface area contributed by atoms with E-state index in [9.17, 15) is 20.0 Å². The molecule has 6 heteroatoms. The van der Waals surface area contributed by atoms with E-state index in [4.69, 9.17) is 4.74 Å². The number of ether oxygens (including phenoxy) is 1. The van der Waals surface area contributed by atoms with Gasteiger partial charge in [0.1, 0.15) is 0 Å². The van der Waals surface area contributed by atoms with Gasteiger partial charge in [-0.2, -0.15) is 0 Å². The van der Waals surface area contributed by atoms with Crippen LogP contribution in [-0.4, -0.2) is 22.4 Å². The number of carbonyl (C=O) groups is 1. The van der Waals surface area contributed by atoms with Gasteiger partial charge in [-0.3, -0.25) is 14.9 Å². The first-order valence-corrected chi connectivity index (χ1v) is 5.18. The second kappa shape index (κ2) is 5.29. The number of benzene rings is 1. The van der Waals surface area contributed by atoms with E-state index in [1.54, 1.807) is 13.8 Å². The van der Waals surface area contributed by atoms with Crippen molar-refractivity contribution >= 4 is 11.5 Å². The van der Waals surface area contributed by atoms with Crippen LogP contribution in [0.2, 0.25) is 0 Å². The molecule has 17 heavy (non-hydrogen) atoms. The fourth-order valence-corrected chi connectivity index (χ4v) is 1.36. The Morgan fingerprint density at radius 2 is 2.12 bits per heavy atom. The number of Topliss-reactive ketones (excluding diaryl/α,β-unsaturated/α-hetero) is 1. The van der Waals surface area contributed by atoms with Crippen LogP contribution in [0.15, 0.2) is 12.1 Å². The van der Waals surface area contributed by atoms with E-state index < -0.39 is 16.4 Å². The number of rotatable bonds is 5. The molecule has 0 aliphatic rings. The van der Waals surface area contributed by atoms with Gasteiger partial charge in [0, 0.05) is 18.1 Å². The highest BCUT2D eigenvalue weighted by Gasteiger charge is 2.21. The summed E-state index contributed by atoms with van der Waals surface area (Å²) in [5, 5.41) is 20.3. The molecule has 0 atom stereocenters. The minimum atomic E-state index is -0.746. The van der Waals surface area contributed by atoms with E-state index in [1.807, 2.05) is 0 Å². The second-order valence-corrected chi connectivity index (χ2v) is 3.31. The van der Waals surface area contributed by atoms with Crippen molar-refractivity contribution in [3.8, 4) is 11.5 Å². The first-order valence-electron chi connectivity index (χ1n) is 5.18. The van der Waals surface area contributed by atoms with Crippen LogP contribution in [0.25, 0.3) is 0 Å². The molecule has 0 aromatic heterocycles. The first kappa shape index (κ1) is 13.0. The lowest BCUT2D eigenvalue weighted by atomic mass is 10.1. The molecule has 1 N–H and O–H groups in total. The molecule has 0 unspecified atom stereocenters. The van der Waals surface area contributed by atoms with E-state index in [2.05, 4.69) is 0 Å². The van der Waals surface area contributed by atoms with Crippen LogP contribution in [0.5, 0.6) is 11.5 Å². The molecule has 0 spiro atoms. The van der Waals surface area contributed by atoms with Crippen molar-refractivity contribution in [3.05, 3.63) is 27.8 Å². The Bertz CT molecular complexity index is 455. The van der Waals surface area contributed by atoms with Gasteiger partial charge in [0.15, 0.2) is 11.5 Å². The molecule has 92 valence electrons. The van der Waals surface area contributed by atoms with Crippen molar-refractivity contribution < 1.29 is 19.6 Å². The third-order valence-electron chi connectivity index (χ3n) is 2.19. The minimum absolute atomic E-state index is 0.0431. The third kappa shape index (κ3) is 2.72. The van der Waals surface area contributed by atoms with Crippen LogP contribution in [0.1, 0.15) is 30.6 Å². The first-order chi connectivity index (χ1) is 8.01. The highest BCUT2D eigenvalue weighted by molar-refractivity contribution is 5.97. The van der Waals surface area contributed by atoms with Crippen molar-refractivity contribution in [2.75, 3.05) is 6.61 Å². The van der Waals surface area contributed by atoms with Gasteiger partial charge in [0.25, 0.3) is 0 Å². The van der Waals surface area contributed by atoms with Crippen LogP contribution in [0, 0.1) is 10.1 Å². The second-order valence-electron chi connectivity index (χ2n) is 3.31. The zero-order valence-corrected chi connectivity index (χ0v) is 9.60. The number of nitro groups is 1. The Labute approximate surface area is 98.0 Å². The Kier molecular flexibility index (Phi) is 4.03. The molecule has 0 fully saturated rings. The van der Waals surface area contributed by atoms with Crippen molar-refractivity contribution in [2.24, 2.45) is 0 Å². The lowest BCUT2D eigenvalue weighted by Crippen LogP contribution is -2.01. The topological polar surface area (TPSA) is 89.7 Å². The highest BCUT2D eigenvalue weighted by Crippen LogP contribution is 2.37. The molecule has 0 heterocycles. The number of aromatic hydroxyl groups is 1. The monoisotopic (exact) mass is 239 g/mol. The number of hydrogen-bond acceptors (Lipinski definition) is 5. The minimum Gasteiger partial charge on any atom is -0.500 e. The molecule has 0 amide bonds. The molecule has 0 radical (unpaired) electrons. The smallest absolute Gasteiger partial charge is 0.315 e. The normalized spacial score (nSPS) is 10.0. The van der Waals surface area contributed by atoms with Gasteiger partial charge in [-0.25, -0.2) is 0 Å². The Morgan fingerprint density at radius 3 is 2.59 bits per heavy atom. The van der Waals surface area contributed by atoms with E-state index in [0.29, 0.717) is 0 Å². The highest BCUT2D eigenvalue weighted by atomic mass is 16.6. The Hall–Kier alpha value is -2.11. The maximum atomic E-state index is 11.5. The molecule has 6 nitrogen and oxygen atoms in total. The van der Waals surface area contributed by atoms with E-state index in [1.165, 1.54) is 6.07 Å². The zero-order valence-electron chi connectivity index (χ0n) is 9.60. The van der Waals surface area contributed by atoms with Crippen molar-refractivity contribution in [2.45, 2.75) is 20.3 Å². The fourth-order valence-electron chi connectivity index (χ4n) is 1.36. The van der Waals surface area contributed by atoms with Crippen molar-refractivity contribution in [1.82, 2.24) is 0 Å². The van der Waals surface area contributed by atoms with E-state index in [-0.39, 0.29) is 30.1 Å². The van der Waals surface area contributed by atoms with Gasteiger partial charge in [0.05, 0.1) is 11.5 Å². The van der Waals surface area contributed by atoms with Crippen LogP contribution in [0.4, 0.5) is 5.69 Å². The molecular formula is C11H13NO5. The molecule has 0 aliphatic heterocycles. The lowest BCUT2D eigenvalue weighted by molar-refractivity contribution is -0.386. The number of ketones is 1. The number of hydrogen-bond donors (Lipinski definition) is 1. The predicted molar refractivity (Wildman–Crippen MR) is 60.6 cm³/mol. The summed E-state index contributed by atoms with van der Waals surface area (Å²) in [7, 11) is 0. The Morgan fingerprint density at radius 1 is 1.47 bits per heavy atom. The van der Waals surface area contributed by atoms with E-state index in [0.717, 1.165) is 6.07 Å². The average molecular weight is 239 g/mol. The fraction of sp³-hybridized carbons (Fsp3) is 0.364. The predicted octanol–water partition coefficient (Wildman–Crippen LogP) is 2.29. The number of carbonyl (C=O) groups excluding carboxylic acids is 1. The molecular weight excluding hydrogens is 226 g/mol. The van der Waals surface area contributed by atoms with Crippen LogP contribution < -0.4 is 4.74 Å². The lowest BCUT2D eigenvalue weighted by Gasteiger charge is -2.08. The summed E-state index contributed by atoms with van der Waals surface area (Å²) in [6, 6.07) is 2.38. The zero-order chi connectivity index (χ0) is 13.0. The van der Waals surface area contributed by atoms with Crippen LogP contribution in [0.3, 0.4) is 0 Å².